The molecule has 0 aromatic carbocycles. The zero-order valence-corrected chi connectivity index (χ0v) is 35.1. The molecule has 0 spiro atoms. The number of carbonyl (C=O) groups is 2. The number of aliphatic hydroxyl groups excluding tert-OH is 2. The zero-order chi connectivity index (χ0) is 39.8. The molecule has 11 heteroatoms. The van der Waals surface area contributed by atoms with Gasteiger partial charge in [-0.2, -0.15) is 0 Å². The van der Waals surface area contributed by atoms with E-state index in [0.29, 0.717) is 12.8 Å². The van der Waals surface area contributed by atoms with Gasteiger partial charge in [-0.25, -0.2) is 4.57 Å². The molecule has 0 aliphatic rings. The van der Waals surface area contributed by atoms with Crippen LogP contribution in [0.25, 0.3) is 0 Å². The third kappa shape index (κ3) is 38.5. The number of aliphatic hydroxyl groups is 2. The number of phosphoric acid groups is 1. The fourth-order valence-electron chi connectivity index (χ4n) is 5.66. The summed E-state index contributed by atoms with van der Waals surface area (Å²) in [7, 11) is -4.62. The third-order valence-corrected chi connectivity index (χ3v) is 9.97. The SMILES string of the molecule is CCCCC/C=C\C/C=C\CCCCCCCCCC(=O)O[C@H](COC(=O)CCCCCCC/C=C\CCCCCCC)COP(=O)(O)OC[C@@H](O)CO. The lowest BCUT2D eigenvalue weighted by molar-refractivity contribution is -0.161. The molecule has 0 aliphatic carbocycles. The predicted molar refractivity (Wildman–Crippen MR) is 219 cm³/mol. The van der Waals surface area contributed by atoms with Crippen LogP contribution >= 0.6 is 7.82 Å². The number of rotatable bonds is 40. The standard InChI is InChI=1S/C43H79O10P/c1-3-5-7-9-11-13-15-17-19-20-21-23-25-27-29-31-33-35-43(47)53-41(39-52-54(48,49)51-37-40(45)36-44)38-50-42(46)34-32-30-28-26-24-22-18-16-14-12-10-8-6-4-2/h11,13,16-19,40-41,44-45H,3-10,12,14-15,20-39H2,1-2H3,(H,48,49)/b13-11-,18-16-,19-17-/t40-,41+/m0/s1. The zero-order valence-electron chi connectivity index (χ0n) is 34.2. The van der Waals surface area contributed by atoms with Gasteiger partial charge in [0, 0.05) is 12.8 Å². The van der Waals surface area contributed by atoms with Crippen LogP contribution in [0.3, 0.4) is 0 Å². The van der Waals surface area contributed by atoms with Crippen LogP contribution in [0.4, 0.5) is 0 Å². The first-order chi connectivity index (χ1) is 26.2. The smallest absolute Gasteiger partial charge is 0.462 e. The fourth-order valence-corrected chi connectivity index (χ4v) is 6.45. The van der Waals surface area contributed by atoms with Crippen molar-refractivity contribution < 1.29 is 47.8 Å². The maximum absolute atomic E-state index is 12.6. The Bertz CT molecular complexity index is 999. The summed E-state index contributed by atoms with van der Waals surface area (Å²) in [6.07, 6.45) is 39.6. The topological polar surface area (TPSA) is 149 Å². The number of hydrogen-bond acceptors (Lipinski definition) is 9. The van der Waals surface area contributed by atoms with Gasteiger partial charge >= 0.3 is 19.8 Å². The average molecular weight is 787 g/mol. The second-order valence-corrected chi connectivity index (χ2v) is 15.8. The summed E-state index contributed by atoms with van der Waals surface area (Å²) in [6, 6.07) is 0. The van der Waals surface area contributed by atoms with Crippen LogP contribution in [-0.4, -0.2) is 65.7 Å². The van der Waals surface area contributed by atoms with Crippen molar-refractivity contribution >= 4 is 19.8 Å². The van der Waals surface area contributed by atoms with Crippen molar-refractivity contribution in [1.29, 1.82) is 0 Å². The van der Waals surface area contributed by atoms with Gasteiger partial charge in [0.25, 0.3) is 0 Å². The lowest BCUT2D eigenvalue weighted by atomic mass is 10.1. The fraction of sp³-hybridized carbons (Fsp3) is 0.814. The summed E-state index contributed by atoms with van der Waals surface area (Å²) in [5, 5.41) is 18.3. The lowest BCUT2D eigenvalue weighted by Crippen LogP contribution is -2.29. The van der Waals surface area contributed by atoms with Crippen molar-refractivity contribution in [2.24, 2.45) is 0 Å². The highest BCUT2D eigenvalue weighted by molar-refractivity contribution is 7.47. The molecule has 0 radical (unpaired) electrons. The van der Waals surface area contributed by atoms with E-state index in [9.17, 15) is 24.2 Å². The highest BCUT2D eigenvalue weighted by Crippen LogP contribution is 2.43. The van der Waals surface area contributed by atoms with Crippen LogP contribution in [0.5, 0.6) is 0 Å². The maximum Gasteiger partial charge on any atom is 0.472 e. The molecule has 0 saturated heterocycles. The molecule has 0 rings (SSSR count). The number of hydrogen-bond donors (Lipinski definition) is 3. The van der Waals surface area contributed by atoms with Crippen LogP contribution in [0.2, 0.25) is 0 Å². The minimum Gasteiger partial charge on any atom is -0.462 e. The van der Waals surface area contributed by atoms with Gasteiger partial charge in [0.05, 0.1) is 19.8 Å². The molecule has 1 unspecified atom stereocenters. The molecule has 10 nitrogen and oxygen atoms in total. The summed E-state index contributed by atoms with van der Waals surface area (Å²) in [4.78, 5) is 35.0. The molecular weight excluding hydrogens is 707 g/mol. The Morgan fingerprint density at radius 2 is 0.963 bits per heavy atom. The Hall–Kier alpha value is -1.81. The minimum absolute atomic E-state index is 0.174. The second kappa shape index (κ2) is 39.4. The van der Waals surface area contributed by atoms with Gasteiger partial charge in [-0.15, -0.1) is 0 Å². The van der Waals surface area contributed by atoms with Gasteiger partial charge in [0.15, 0.2) is 6.10 Å². The number of esters is 2. The molecule has 0 heterocycles. The van der Waals surface area contributed by atoms with E-state index in [4.69, 9.17) is 19.1 Å². The quantitative estimate of drug-likeness (QED) is 0.0237. The lowest BCUT2D eigenvalue weighted by Gasteiger charge is -2.20. The van der Waals surface area contributed by atoms with Crippen LogP contribution < -0.4 is 0 Å². The van der Waals surface area contributed by atoms with E-state index < -0.39 is 51.8 Å². The third-order valence-electron chi connectivity index (χ3n) is 9.02. The molecule has 316 valence electrons. The number of carbonyl (C=O) groups excluding carboxylic acids is 2. The first kappa shape index (κ1) is 52.2. The van der Waals surface area contributed by atoms with Gasteiger partial charge in [0.1, 0.15) is 12.7 Å². The summed E-state index contributed by atoms with van der Waals surface area (Å²) in [6.45, 7) is 2.33. The van der Waals surface area contributed by atoms with Gasteiger partial charge in [0.2, 0.25) is 0 Å². The summed E-state index contributed by atoms with van der Waals surface area (Å²) >= 11 is 0. The van der Waals surface area contributed by atoms with E-state index >= 15 is 0 Å². The summed E-state index contributed by atoms with van der Waals surface area (Å²) in [5.41, 5.74) is 0. The molecule has 0 aromatic heterocycles. The molecule has 0 saturated carbocycles. The molecule has 54 heavy (non-hydrogen) atoms. The second-order valence-electron chi connectivity index (χ2n) is 14.4. The van der Waals surface area contributed by atoms with Gasteiger partial charge in [-0.3, -0.25) is 18.6 Å². The highest BCUT2D eigenvalue weighted by atomic mass is 31.2. The minimum atomic E-state index is -4.62. The van der Waals surface area contributed by atoms with Gasteiger partial charge < -0.3 is 24.6 Å². The largest absolute Gasteiger partial charge is 0.472 e. The molecule has 0 bridgehead atoms. The van der Waals surface area contributed by atoms with Crippen molar-refractivity contribution in [2.45, 2.75) is 199 Å². The van der Waals surface area contributed by atoms with Gasteiger partial charge in [-0.05, 0) is 70.6 Å². The van der Waals surface area contributed by atoms with Crippen LogP contribution in [-0.2, 0) is 32.7 Å². The van der Waals surface area contributed by atoms with E-state index in [0.717, 1.165) is 77.0 Å². The summed E-state index contributed by atoms with van der Waals surface area (Å²) < 4.78 is 32.7. The molecular formula is C43H79O10P. The Morgan fingerprint density at radius 3 is 1.48 bits per heavy atom. The molecule has 0 amide bonds. The molecule has 3 N–H and O–H groups in total. The average Bonchev–Trinajstić information content (AvgIpc) is 3.16. The van der Waals surface area contributed by atoms with Crippen LogP contribution in [0.15, 0.2) is 36.5 Å². The van der Waals surface area contributed by atoms with E-state index in [2.05, 4.69) is 54.8 Å². The monoisotopic (exact) mass is 787 g/mol. The van der Waals surface area contributed by atoms with E-state index in [1.807, 2.05) is 0 Å². The van der Waals surface area contributed by atoms with Crippen molar-refractivity contribution in [3.8, 4) is 0 Å². The number of unbranched alkanes of at least 4 members (excludes halogenated alkanes) is 20. The predicted octanol–water partition coefficient (Wildman–Crippen LogP) is 11.2. The number of ether oxygens (including phenoxy) is 2. The van der Waals surface area contributed by atoms with Crippen molar-refractivity contribution in [1.82, 2.24) is 0 Å². The normalized spacial score (nSPS) is 14.2. The van der Waals surface area contributed by atoms with Gasteiger partial charge in [-0.1, -0.05) is 140 Å². The number of allylic oxidation sites excluding steroid dienone is 6. The Labute approximate surface area is 329 Å². The molecule has 0 aromatic rings. The van der Waals surface area contributed by atoms with E-state index in [1.165, 1.54) is 70.6 Å². The Morgan fingerprint density at radius 1 is 0.556 bits per heavy atom. The van der Waals surface area contributed by atoms with E-state index in [1.54, 1.807) is 0 Å². The van der Waals surface area contributed by atoms with Crippen molar-refractivity contribution in [2.75, 3.05) is 26.4 Å². The molecule has 0 fully saturated rings. The molecule has 3 atom stereocenters. The maximum atomic E-state index is 12.6. The van der Waals surface area contributed by atoms with Crippen LogP contribution in [0.1, 0.15) is 187 Å². The highest BCUT2D eigenvalue weighted by Gasteiger charge is 2.27. The first-order valence-corrected chi connectivity index (χ1v) is 22.9. The van der Waals surface area contributed by atoms with E-state index in [-0.39, 0.29) is 19.4 Å². The van der Waals surface area contributed by atoms with Crippen molar-refractivity contribution in [3.63, 3.8) is 0 Å². The summed E-state index contributed by atoms with van der Waals surface area (Å²) in [5.74, 6) is -0.942. The van der Waals surface area contributed by atoms with Crippen LogP contribution in [0, 0.1) is 0 Å². The van der Waals surface area contributed by atoms with Crippen molar-refractivity contribution in [3.05, 3.63) is 36.5 Å². The first-order valence-electron chi connectivity index (χ1n) is 21.4. The molecule has 0 aliphatic heterocycles. The Kier molecular flexibility index (Phi) is 38.1. The Balaban J connectivity index is 4.33. The number of phosphoric ester groups is 1.